The quantitative estimate of drug-likeness (QED) is 0.386. The summed E-state index contributed by atoms with van der Waals surface area (Å²) in [6.45, 7) is 6.12. The maximum atomic E-state index is 11.2. The summed E-state index contributed by atoms with van der Waals surface area (Å²) in [6.07, 6.45) is 16.1. The summed E-state index contributed by atoms with van der Waals surface area (Å²) < 4.78 is 0. The number of rotatable bonds is 14. The lowest BCUT2D eigenvalue weighted by Crippen LogP contribution is -2.26. The summed E-state index contributed by atoms with van der Waals surface area (Å²) in [7, 11) is 0. The first-order valence-electron chi connectivity index (χ1n) is 8.80. The molecule has 0 aliphatic rings. The zero-order valence-electron chi connectivity index (χ0n) is 14.0. The fourth-order valence-electron chi connectivity index (χ4n) is 2.61. The SMILES string of the molecule is CCCCCCCCCCCCCC(C)(CC)C(=O)O. The van der Waals surface area contributed by atoms with Gasteiger partial charge in [-0.2, -0.15) is 0 Å². The minimum atomic E-state index is -0.632. The van der Waals surface area contributed by atoms with Gasteiger partial charge in [0.25, 0.3) is 0 Å². The second kappa shape index (κ2) is 12.2. The normalized spacial score (nSPS) is 14.2. The predicted molar refractivity (Wildman–Crippen MR) is 87.1 cm³/mol. The molecule has 1 N–H and O–H groups in total. The van der Waals surface area contributed by atoms with Crippen molar-refractivity contribution in [1.29, 1.82) is 0 Å². The van der Waals surface area contributed by atoms with Gasteiger partial charge in [0.15, 0.2) is 0 Å². The van der Waals surface area contributed by atoms with Crippen LogP contribution < -0.4 is 0 Å². The molecule has 0 aliphatic carbocycles. The van der Waals surface area contributed by atoms with Crippen molar-refractivity contribution in [2.24, 2.45) is 5.41 Å². The first kappa shape index (κ1) is 19.5. The number of hydrogen-bond donors (Lipinski definition) is 1. The molecule has 0 rings (SSSR count). The van der Waals surface area contributed by atoms with E-state index in [1.165, 1.54) is 64.2 Å². The van der Waals surface area contributed by atoms with Crippen LogP contribution in [-0.4, -0.2) is 11.1 Å². The maximum absolute atomic E-state index is 11.2. The molecule has 120 valence electrons. The molecular formula is C18H36O2. The van der Waals surface area contributed by atoms with Gasteiger partial charge >= 0.3 is 5.97 Å². The van der Waals surface area contributed by atoms with Crippen LogP contribution in [0.5, 0.6) is 0 Å². The summed E-state index contributed by atoms with van der Waals surface area (Å²) in [5.74, 6) is -0.632. The summed E-state index contributed by atoms with van der Waals surface area (Å²) in [5, 5.41) is 9.19. The van der Waals surface area contributed by atoms with E-state index in [1.807, 2.05) is 13.8 Å². The van der Waals surface area contributed by atoms with Crippen LogP contribution in [0, 0.1) is 5.41 Å². The zero-order valence-corrected chi connectivity index (χ0v) is 14.0. The van der Waals surface area contributed by atoms with Crippen molar-refractivity contribution < 1.29 is 9.90 Å². The van der Waals surface area contributed by atoms with Gasteiger partial charge in [-0.25, -0.2) is 0 Å². The molecule has 0 aromatic heterocycles. The highest BCUT2D eigenvalue weighted by molar-refractivity contribution is 5.73. The van der Waals surface area contributed by atoms with Gasteiger partial charge in [-0.3, -0.25) is 4.79 Å². The van der Waals surface area contributed by atoms with Gasteiger partial charge in [0.1, 0.15) is 0 Å². The minimum absolute atomic E-state index is 0.501. The highest BCUT2D eigenvalue weighted by Crippen LogP contribution is 2.28. The van der Waals surface area contributed by atoms with Crippen LogP contribution in [0.2, 0.25) is 0 Å². The lowest BCUT2D eigenvalue weighted by atomic mass is 9.82. The third-order valence-electron chi connectivity index (χ3n) is 4.63. The second-order valence-corrected chi connectivity index (χ2v) is 6.50. The van der Waals surface area contributed by atoms with E-state index in [4.69, 9.17) is 0 Å². The van der Waals surface area contributed by atoms with Crippen LogP contribution in [0.1, 0.15) is 104 Å². The highest BCUT2D eigenvalue weighted by Gasteiger charge is 2.29. The molecule has 0 spiro atoms. The molecule has 0 radical (unpaired) electrons. The van der Waals surface area contributed by atoms with E-state index in [0.29, 0.717) is 0 Å². The molecule has 20 heavy (non-hydrogen) atoms. The number of aliphatic carboxylic acids is 1. The van der Waals surface area contributed by atoms with E-state index in [1.54, 1.807) is 0 Å². The number of carbonyl (C=O) groups is 1. The van der Waals surface area contributed by atoms with Gasteiger partial charge in [0.05, 0.1) is 5.41 Å². The number of carboxylic acid groups (broad SMARTS) is 1. The summed E-state index contributed by atoms with van der Waals surface area (Å²) in [4.78, 5) is 11.2. The Labute approximate surface area is 126 Å². The minimum Gasteiger partial charge on any atom is -0.481 e. The zero-order chi connectivity index (χ0) is 15.3. The van der Waals surface area contributed by atoms with Crippen LogP contribution in [0.4, 0.5) is 0 Å². The molecule has 0 aromatic rings. The topological polar surface area (TPSA) is 37.3 Å². The highest BCUT2D eigenvalue weighted by atomic mass is 16.4. The average Bonchev–Trinajstić information content (AvgIpc) is 2.44. The van der Waals surface area contributed by atoms with Gasteiger partial charge in [0, 0.05) is 0 Å². The number of unbranched alkanes of at least 4 members (excludes halogenated alkanes) is 10. The molecule has 2 heteroatoms. The molecule has 0 amide bonds. The van der Waals surface area contributed by atoms with Crippen LogP contribution in [0.15, 0.2) is 0 Å². The van der Waals surface area contributed by atoms with Crippen LogP contribution in [-0.2, 0) is 4.79 Å². The van der Waals surface area contributed by atoms with Crippen molar-refractivity contribution in [2.45, 2.75) is 104 Å². The van der Waals surface area contributed by atoms with Crippen LogP contribution in [0.25, 0.3) is 0 Å². The van der Waals surface area contributed by atoms with Crippen LogP contribution >= 0.6 is 0 Å². The first-order chi connectivity index (χ1) is 9.56. The number of carboxylic acids is 1. The molecule has 0 bridgehead atoms. The van der Waals surface area contributed by atoms with Gasteiger partial charge in [0.2, 0.25) is 0 Å². The van der Waals surface area contributed by atoms with Crippen molar-refractivity contribution in [3.63, 3.8) is 0 Å². The molecule has 1 unspecified atom stereocenters. The van der Waals surface area contributed by atoms with E-state index in [-0.39, 0.29) is 0 Å². The maximum Gasteiger partial charge on any atom is 0.309 e. The van der Waals surface area contributed by atoms with E-state index in [9.17, 15) is 9.90 Å². The Morgan fingerprint density at radius 2 is 1.20 bits per heavy atom. The Kier molecular flexibility index (Phi) is 11.9. The molecule has 0 aromatic carbocycles. The van der Waals surface area contributed by atoms with E-state index in [0.717, 1.165) is 19.3 Å². The number of hydrogen-bond acceptors (Lipinski definition) is 1. The standard InChI is InChI=1S/C18H36O2/c1-4-6-7-8-9-10-11-12-13-14-15-16-18(3,5-2)17(19)20/h4-16H2,1-3H3,(H,19,20). The van der Waals surface area contributed by atoms with Gasteiger partial charge in [-0.05, 0) is 19.8 Å². The largest absolute Gasteiger partial charge is 0.481 e. The molecule has 2 nitrogen and oxygen atoms in total. The summed E-state index contributed by atoms with van der Waals surface area (Å²) >= 11 is 0. The fraction of sp³-hybridized carbons (Fsp3) is 0.944. The van der Waals surface area contributed by atoms with E-state index < -0.39 is 11.4 Å². The Morgan fingerprint density at radius 3 is 1.55 bits per heavy atom. The van der Waals surface area contributed by atoms with E-state index >= 15 is 0 Å². The van der Waals surface area contributed by atoms with Gasteiger partial charge < -0.3 is 5.11 Å². The third-order valence-corrected chi connectivity index (χ3v) is 4.63. The molecule has 0 saturated carbocycles. The average molecular weight is 284 g/mol. The monoisotopic (exact) mass is 284 g/mol. The molecule has 0 saturated heterocycles. The molecule has 0 fully saturated rings. The third kappa shape index (κ3) is 9.39. The Balaban J connectivity index is 3.34. The van der Waals surface area contributed by atoms with Crippen molar-refractivity contribution in [2.75, 3.05) is 0 Å². The van der Waals surface area contributed by atoms with Gasteiger partial charge in [-0.1, -0.05) is 84.5 Å². The van der Waals surface area contributed by atoms with Crippen LogP contribution in [0.3, 0.4) is 0 Å². The van der Waals surface area contributed by atoms with Crippen molar-refractivity contribution in [1.82, 2.24) is 0 Å². The predicted octanol–water partition coefficient (Wildman–Crippen LogP) is 6.19. The lowest BCUT2D eigenvalue weighted by molar-refractivity contribution is -0.148. The lowest BCUT2D eigenvalue weighted by Gasteiger charge is -2.22. The van der Waals surface area contributed by atoms with Crippen molar-refractivity contribution >= 4 is 5.97 Å². The van der Waals surface area contributed by atoms with E-state index in [2.05, 4.69) is 6.92 Å². The van der Waals surface area contributed by atoms with Gasteiger partial charge in [-0.15, -0.1) is 0 Å². The molecule has 1 atom stereocenters. The first-order valence-corrected chi connectivity index (χ1v) is 8.80. The Morgan fingerprint density at radius 1 is 0.800 bits per heavy atom. The molecule has 0 aliphatic heterocycles. The Hall–Kier alpha value is -0.530. The van der Waals surface area contributed by atoms with Crippen molar-refractivity contribution in [3.8, 4) is 0 Å². The summed E-state index contributed by atoms with van der Waals surface area (Å²) in [5.41, 5.74) is -0.501. The Bertz CT molecular complexity index is 238. The molecule has 0 heterocycles. The van der Waals surface area contributed by atoms with Crippen molar-refractivity contribution in [3.05, 3.63) is 0 Å². The summed E-state index contributed by atoms with van der Waals surface area (Å²) in [6, 6.07) is 0. The fourth-order valence-corrected chi connectivity index (χ4v) is 2.61. The smallest absolute Gasteiger partial charge is 0.309 e. The molecular weight excluding hydrogens is 248 g/mol. The second-order valence-electron chi connectivity index (χ2n) is 6.50.